The number of aryl methyl sites for hydroxylation is 2. The second kappa shape index (κ2) is 6.77. The van der Waals surface area contributed by atoms with E-state index in [1.165, 1.54) is 11.1 Å². The largest absolute Gasteiger partial charge is 0.389 e. The van der Waals surface area contributed by atoms with E-state index in [2.05, 4.69) is 43.2 Å². The number of likely N-dealkylation sites (tertiary alicyclic amines) is 1. The zero-order valence-electron chi connectivity index (χ0n) is 14.6. The second-order valence-corrected chi connectivity index (χ2v) is 6.75. The van der Waals surface area contributed by atoms with E-state index in [4.69, 9.17) is 0 Å². The number of nitrogens with zero attached hydrogens (tertiary/aromatic N) is 3. The molecule has 1 aromatic carbocycles. The van der Waals surface area contributed by atoms with Gasteiger partial charge in [0, 0.05) is 25.2 Å². The summed E-state index contributed by atoms with van der Waals surface area (Å²) in [7, 11) is 0. The van der Waals surface area contributed by atoms with Gasteiger partial charge in [0.25, 0.3) is 0 Å². The molecule has 1 aliphatic heterocycles. The third-order valence-electron chi connectivity index (χ3n) is 4.79. The smallest absolute Gasteiger partial charge is 0.223 e. The van der Waals surface area contributed by atoms with Gasteiger partial charge >= 0.3 is 0 Å². The Labute approximate surface area is 142 Å². The summed E-state index contributed by atoms with van der Waals surface area (Å²) in [5.74, 6) is 0.116. The van der Waals surface area contributed by atoms with Gasteiger partial charge in [-0.05, 0) is 38.3 Å². The van der Waals surface area contributed by atoms with Crippen LogP contribution >= 0.6 is 0 Å². The first-order valence-electron chi connectivity index (χ1n) is 8.48. The lowest BCUT2D eigenvalue weighted by atomic mass is 10.1. The van der Waals surface area contributed by atoms with E-state index in [9.17, 15) is 9.90 Å². The van der Waals surface area contributed by atoms with Crippen LogP contribution in [0, 0.1) is 20.8 Å². The quantitative estimate of drug-likeness (QED) is 0.914. The van der Waals surface area contributed by atoms with Crippen molar-refractivity contribution >= 4 is 5.91 Å². The van der Waals surface area contributed by atoms with Crippen LogP contribution in [0.1, 0.15) is 34.5 Å². The van der Waals surface area contributed by atoms with Crippen LogP contribution in [0.2, 0.25) is 0 Å². The minimum absolute atomic E-state index is 0.116. The Kier molecular flexibility index (Phi) is 4.71. The number of aliphatic hydroxyl groups is 1. The fourth-order valence-corrected chi connectivity index (χ4v) is 3.17. The van der Waals surface area contributed by atoms with Gasteiger partial charge in [0.1, 0.15) is 0 Å². The molecule has 3 rings (SSSR count). The number of amides is 1. The van der Waals surface area contributed by atoms with Gasteiger partial charge in [-0.25, -0.2) is 0 Å². The first-order chi connectivity index (χ1) is 11.4. The van der Waals surface area contributed by atoms with Crippen molar-refractivity contribution in [1.82, 2.24) is 14.7 Å². The summed E-state index contributed by atoms with van der Waals surface area (Å²) in [6, 6.07) is 8.48. The highest BCUT2D eigenvalue weighted by molar-refractivity contribution is 5.77. The van der Waals surface area contributed by atoms with Crippen LogP contribution in [0.5, 0.6) is 0 Å². The zero-order valence-corrected chi connectivity index (χ0v) is 14.6. The van der Waals surface area contributed by atoms with E-state index < -0.39 is 0 Å². The molecule has 5 heteroatoms. The first-order valence-corrected chi connectivity index (χ1v) is 8.48. The molecule has 1 aliphatic rings. The van der Waals surface area contributed by atoms with Crippen molar-refractivity contribution < 1.29 is 9.90 Å². The topological polar surface area (TPSA) is 58.4 Å². The summed E-state index contributed by atoms with van der Waals surface area (Å²) in [4.78, 5) is 13.8. The van der Waals surface area contributed by atoms with Crippen LogP contribution in [0.15, 0.2) is 24.3 Å². The zero-order chi connectivity index (χ0) is 17.3. The number of carbonyl (C=O) groups is 1. The molecule has 0 spiro atoms. The summed E-state index contributed by atoms with van der Waals surface area (Å²) in [6.07, 6.45) is 0.844. The first kappa shape index (κ1) is 16.7. The van der Waals surface area contributed by atoms with Gasteiger partial charge in [0.2, 0.25) is 5.91 Å². The summed E-state index contributed by atoms with van der Waals surface area (Å²) in [6.45, 7) is 7.86. The van der Waals surface area contributed by atoms with Crippen LogP contribution < -0.4 is 0 Å². The van der Waals surface area contributed by atoms with Gasteiger partial charge in [-0.15, -0.1) is 0 Å². The molecule has 0 bridgehead atoms. The monoisotopic (exact) mass is 327 g/mol. The molecule has 24 heavy (non-hydrogen) atoms. The van der Waals surface area contributed by atoms with E-state index in [1.807, 2.05) is 11.6 Å². The van der Waals surface area contributed by atoms with E-state index >= 15 is 0 Å². The Balaban J connectivity index is 1.65. The van der Waals surface area contributed by atoms with Gasteiger partial charge in [0.05, 0.1) is 18.3 Å². The van der Waals surface area contributed by atoms with Crippen LogP contribution in [0.25, 0.3) is 0 Å². The molecule has 1 amide bonds. The third-order valence-corrected chi connectivity index (χ3v) is 4.79. The van der Waals surface area contributed by atoms with Crippen LogP contribution in [0.3, 0.4) is 0 Å². The van der Waals surface area contributed by atoms with Crippen molar-refractivity contribution in [2.75, 3.05) is 13.1 Å². The van der Waals surface area contributed by atoms with Crippen molar-refractivity contribution in [1.29, 1.82) is 0 Å². The molecule has 1 aromatic heterocycles. The predicted molar refractivity (Wildman–Crippen MR) is 92.9 cm³/mol. The van der Waals surface area contributed by atoms with Crippen molar-refractivity contribution in [3.05, 3.63) is 52.3 Å². The Hall–Kier alpha value is -2.14. The van der Waals surface area contributed by atoms with Gasteiger partial charge < -0.3 is 10.0 Å². The highest BCUT2D eigenvalue weighted by atomic mass is 16.3. The Morgan fingerprint density at radius 3 is 2.50 bits per heavy atom. The summed E-state index contributed by atoms with van der Waals surface area (Å²) < 4.78 is 2.02. The fourth-order valence-electron chi connectivity index (χ4n) is 3.17. The highest BCUT2D eigenvalue weighted by Gasteiger charge is 2.28. The fraction of sp³-hybridized carbons (Fsp3) is 0.474. The van der Waals surface area contributed by atoms with Crippen molar-refractivity contribution in [3.8, 4) is 0 Å². The summed E-state index contributed by atoms with van der Waals surface area (Å²) in [5, 5.41) is 13.9. The summed E-state index contributed by atoms with van der Waals surface area (Å²) in [5.41, 5.74) is 5.77. The van der Waals surface area contributed by atoms with E-state index in [0.717, 1.165) is 23.5 Å². The molecule has 5 nitrogen and oxygen atoms in total. The maximum atomic E-state index is 12.1. The number of hydrogen-bond acceptors (Lipinski definition) is 3. The molecule has 1 saturated heterocycles. The lowest BCUT2D eigenvalue weighted by Gasteiger charge is -2.35. The molecule has 2 aromatic rings. The number of benzene rings is 1. The molecule has 0 aliphatic carbocycles. The molecule has 0 saturated carbocycles. The number of rotatable bonds is 5. The standard InChI is InChI=1S/C19H25N3O2/c1-13-4-6-16(7-5-13)10-22-15(3)18(14(2)20-22)8-9-19(24)21-11-17(23)12-21/h4-7,17,23H,8-12H2,1-3H3. The predicted octanol–water partition coefficient (Wildman–Crippen LogP) is 1.99. The molecule has 128 valence electrons. The number of β-amino-alcohol motifs (C(OH)–C–C–N with tert-alkyl or cyclic N) is 1. The van der Waals surface area contributed by atoms with Gasteiger partial charge in [-0.1, -0.05) is 29.8 Å². The number of aliphatic hydroxyl groups excluding tert-OH is 1. The Bertz CT molecular complexity index is 728. The van der Waals surface area contributed by atoms with E-state index in [1.54, 1.807) is 4.90 Å². The maximum Gasteiger partial charge on any atom is 0.223 e. The molecule has 0 radical (unpaired) electrons. The second-order valence-electron chi connectivity index (χ2n) is 6.75. The molecule has 2 heterocycles. The lowest BCUT2D eigenvalue weighted by Crippen LogP contribution is -2.53. The average molecular weight is 327 g/mol. The molecule has 0 atom stereocenters. The SMILES string of the molecule is Cc1ccc(Cn2nc(C)c(CCC(=O)N3CC(O)C3)c2C)cc1. The minimum Gasteiger partial charge on any atom is -0.389 e. The van der Waals surface area contributed by atoms with Gasteiger partial charge in [-0.2, -0.15) is 5.10 Å². The van der Waals surface area contributed by atoms with Crippen molar-refractivity contribution in [2.24, 2.45) is 0 Å². The summed E-state index contributed by atoms with van der Waals surface area (Å²) >= 11 is 0. The lowest BCUT2D eigenvalue weighted by molar-refractivity contribution is -0.141. The number of carbonyl (C=O) groups excluding carboxylic acids is 1. The van der Waals surface area contributed by atoms with Crippen molar-refractivity contribution in [3.63, 3.8) is 0 Å². The van der Waals surface area contributed by atoms with E-state index in [0.29, 0.717) is 25.9 Å². The molecule has 1 N–H and O–H groups in total. The Morgan fingerprint density at radius 2 is 1.88 bits per heavy atom. The normalized spacial score (nSPS) is 14.8. The number of hydrogen-bond donors (Lipinski definition) is 1. The molecular formula is C19H25N3O2. The van der Waals surface area contributed by atoms with Crippen molar-refractivity contribution in [2.45, 2.75) is 46.3 Å². The van der Waals surface area contributed by atoms with Gasteiger partial charge in [-0.3, -0.25) is 9.48 Å². The highest BCUT2D eigenvalue weighted by Crippen LogP contribution is 2.18. The van der Waals surface area contributed by atoms with Crippen LogP contribution in [0.4, 0.5) is 0 Å². The van der Waals surface area contributed by atoms with Crippen LogP contribution in [-0.2, 0) is 17.8 Å². The third kappa shape index (κ3) is 3.51. The molecular weight excluding hydrogens is 302 g/mol. The number of aromatic nitrogens is 2. The van der Waals surface area contributed by atoms with Crippen LogP contribution in [-0.4, -0.2) is 44.9 Å². The maximum absolute atomic E-state index is 12.1. The van der Waals surface area contributed by atoms with E-state index in [-0.39, 0.29) is 12.0 Å². The average Bonchev–Trinajstić information content (AvgIpc) is 2.78. The Morgan fingerprint density at radius 1 is 1.21 bits per heavy atom. The minimum atomic E-state index is -0.338. The van der Waals surface area contributed by atoms with Gasteiger partial charge in [0.15, 0.2) is 0 Å². The molecule has 1 fully saturated rings. The molecule has 0 unspecified atom stereocenters.